The Morgan fingerprint density at radius 3 is 0.778 bits per heavy atom. The van der Waals surface area contributed by atoms with E-state index in [9.17, 15) is 0 Å². The van der Waals surface area contributed by atoms with Gasteiger partial charge in [-0.2, -0.15) is 0 Å². The molecule has 0 unspecified atom stereocenters. The smallest absolute Gasteiger partial charge is 1.00 e. The third-order valence-corrected chi connectivity index (χ3v) is 0. The van der Waals surface area contributed by atoms with Gasteiger partial charge in [-0.3, -0.25) is 0 Å². The fraction of sp³-hybridized carbons (Fsp3) is 1.00. The molecule has 0 aliphatic rings. The summed E-state index contributed by atoms with van der Waals surface area (Å²) in [7, 11) is 8.22. The van der Waals surface area contributed by atoms with Gasteiger partial charge >= 0.3 is 56.6 Å². The molecule has 52 valence electrons. The largest absolute Gasteiger partial charge is 1.00 e. The molecule has 0 N–H and O–H groups in total. The van der Waals surface area contributed by atoms with Gasteiger partial charge in [0, 0.05) is 23.1 Å². The predicted molar refractivity (Wildman–Crippen MR) is 36.2 cm³/mol. The van der Waals surface area contributed by atoms with Crippen LogP contribution in [0.3, 0.4) is 0 Å². The van der Waals surface area contributed by atoms with E-state index < -0.39 is 0 Å². The van der Waals surface area contributed by atoms with Crippen LogP contribution in [-0.4, -0.2) is 0 Å². The molecule has 0 fully saturated rings. The van der Waals surface area contributed by atoms with E-state index in [1.54, 1.807) is 0 Å². The van der Waals surface area contributed by atoms with E-state index in [1.807, 2.05) is 0 Å². The molecule has 9 heavy (non-hydrogen) atoms. The summed E-state index contributed by atoms with van der Waals surface area (Å²) in [6.07, 6.45) is 0. The zero-order valence-electron chi connectivity index (χ0n) is 6.13. The van der Waals surface area contributed by atoms with Crippen molar-refractivity contribution in [1.82, 2.24) is 0 Å². The molecule has 0 rings (SSSR count). The fourth-order valence-corrected chi connectivity index (χ4v) is 0. The van der Waals surface area contributed by atoms with Crippen molar-refractivity contribution in [3.63, 3.8) is 0 Å². The quantitative estimate of drug-likeness (QED) is 0.324. The van der Waals surface area contributed by atoms with Crippen LogP contribution in [-0.2, 0) is 0 Å². The van der Waals surface area contributed by atoms with Crippen molar-refractivity contribution in [2.75, 3.05) is 0 Å². The molecule has 0 radical (unpaired) electrons. The summed E-state index contributed by atoms with van der Waals surface area (Å²) >= 11 is 0. The number of halogens is 3. The average Bonchev–Trinajstić information content (AvgIpc) is 1.00. The second-order valence-corrected chi connectivity index (χ2v) is 0. The molecule has 0 heterocycles. The molecule has 0 bridgehead atoms. The summed E-state index contributed by atoms with van der Waals surface area (Å²) in [6, 6.07) is 0. The van der Waals surface area contributed by atoms with Crippen LogP contribution in [0.2, 0.25) is 0 Å². The number of hydrogen-bond acceptors (Lipinski definition) is 0. The molecule has 0 saturated carbocycles. The minimum absolute atomic E-state index is 0. The van der Waals surface area contributed by atoms with E-state index in [-0.39, 0.29) is 95.5 Å². The third-order valence-electron chi connectivity index (χ3n) is 0. The summed E-state index contributed by atoms with van der Waals surface area (Å²) in [5.41, 5.74) is 0. The summed E-state index contributed by atoms with van der Waals surface area (Å²) < 4.78 is 0. The van der Waals surface area contributed by atoms with Crippen LogP contribution in [0.25, 0.3) is 0 Å². The first kappa shape index (κ1) is 98.9. The molecule has 0 aromatic carbocycles. The molecule has 0 atom stereocenters. The van der Waals surface area contributed by atoms with Gasteiger partial charge in [0.15, 0.2) is 0 Å². The van der Waals surface area contributed by atoms with Crippen molar-refractivity contribution in [1.29, 1.82) is 0 Å². The van der Waals surface area contributed by atoms with Gasteiger partial charge in [0.25, 0.3) is 0 Å². The minimum atomic E-state index is 0. The van der Waals surface area contributed by atoms with E-state index in [2.05, 4.69) is 21.7 Å². The van der Waals surface area contributed by atoms with Crippen molar-refractivity contribution in [3.8, 4) is 0 Å². The Balaban J connectivity index is -0.000000000111. The average molecular weight is 179 g/mol. The van der Waals surface area contributed by atoms with E-state index in [0.717, 1.165) is 0 Å². The third kappa shape index (κ3) is 113. The molecule has 0 aromatic rings. The van der Waals surface area contributed by atoms with Crippen molar-refractivity contribution in [2.45, 2.75) is 22.3 Å². The van der Waals surface area contributed by atoms with E-state index >= 15 is 0 Å². The van der Waals surface area contributed by atoms with Crippen LogP contribution in [0.4, 0.5) is 0 Å². The molecule has 0 aliphatic heterocycles. The second-order valence-electron chi connectivity index (χ2n) is 0. The molecule has 0 aliphatic carbocycles. The van der Waals surface area contributed by atoms with Crippen LogP contribution < -0.4 is 69.0 Å². The van der Waals surface area contributed by atoms with E-state index in [1.165, 1.54) is 0 Å². The van der Waals surface area contributed by atoms with Crippen LogP contribution in [0.1, 0.15) is 26.6 Å². The van der Waals surface area contributed by atoms with Gasteiger partial charge in [0.1, 0.15) is 0 Å². The van der Waals surface area contributed by atoms with Gasteiger partial charge in [-0.25, -0.2) is 0 Å². The van der Waals surface area contributed by atoms with Crippen LogP contribution >= 0.6 is 21.7 Å². The molecule has 0 aromatic heterocycles. The van der Waals surface area contributed by atoms with Gasteiger partial charge in [-0.1, -0.05) is 22.3 Å². The monoisotopic (exact) mass is 178 g/mol. The van der Waals surface area contributed by atoms with E-state index in [4.69, 9.17) is 0 Å². The van der Waals surface area contributed by atoms with Crippen molar-refractivity contribution in [3.05, 3.63) is 0 Å². The van der Waals surface area contributed by atoms with Gasteiger partial charge in [-0.05, 0) is 0 Å². The standard InChI is InChI=1S/3CH4.Cl2.ClH.3Li.H2.2H/c;;;1-2;;;;;;;/h3*1H4;;1H;;;;1H;;/q;;;;;3*+1;;2*-1/p-1. The number of rotatable bonds is 0. The van der Waals surface area contributed by atoms with Gasteiger partial charge in [-0.15, -0.1) is 0 Å². The summed E-state index contributed by atoms with van der Waals surface area (Å²) in [5, 5.41) is 0. The van der Waals surface area contributed by atoms with Crippen molar-refractivity contribution >= 4 is 21.7 Å². The zero-order chi connectivity index (χ0) is 2.00. The Hall–Kier alpha value is 2.66. The summed E-state index contributed by atoms with van der Waals surface area (Å²) in [4.78, 5) is 0. The Bertz CT molecular complexity index is 24.0. The summed E-state index contributed by atoms with van der Waals surface area (Å²) in [5.74, 6) is 0. The summed E-state index contributed by atoms with van der Waals surface area (Å²) in [6.45, 7) is 0. The Morgan fingerprint density at radius 1 is 0.778 bits per heavy atom. The Kier molecular flexibility index (Phi) is 1540. The maximum atomic E-state index is 4.11. The first-order valence-electron chi connectivity index (χ1n) is 0.143. The molecule has 0 spiro atoms. The molecular weight excluding hydrogens is 163 g/mol. The Labute approximate surface area is 116 Å². The molecule has 0 amide bonds. The van der Waals surface area contributed by atoms with Crippen molar-refractivity contribution in [2.24, 2.45) is 0 Å². The van der Waals surface area contributed by atoms with Crippen LogP contribution in [0, 0.1) is 0 Å². The second kappa shape index (κ2) is 140. The van der Waals surface area contributed by atoms with Gasteiger partial charge < -0.3 is 15.3 Å². The maximum absolute atomic E-state index is 4.11. The minimum Gasteiger partial charge on any atom is -1.00 e. The number of hydrogen-bond donors (Lipinski definition) is 0. The first-order valence-corrected chi connectivity index (χ1v) is 1.29. The fourth-order valence-electron chi connectivity index (χ4n) is 0. The zero-order valence-corrected chi connectivity index (χ0v) is 6.40. The van der Waals surface area contributed by atoms with Gasteiger partial charge in [0.05, 0.1) is 0 Å². The molecule has 0 saturated heterocycles. The topological polar surface area (TPSA) is 0 Å². The maximum Gasteiger partial charge on any atom is 1.00 e. The SMILES string of the molecule is C.C.C.ClCl.[Cl-].[H-].[H-].[HH].[Li+].[Li+].[Li+]. The van der Waals surface area contributed by atoms with Crippen LogP contribution in [0.5, 0.6) is 0 Å². The van der Waals surface area contributed by atoms with E-state index in [0.29, 0.717) is 0 Å². The first-order chi connectivity index (χ1) is 1.00. The predicted octanol–water partition coefficient (Wildman–Crippen LogP) is -8.23. The molecule has 0 nitrogen and oxygen atoms in total. The molecular formula is C3H16Cl3Li3. The Morgan fingerprint density at radius 2 is 0.778 bits per heavy atom. The molecule has 6 heteroatoms. The van der Waals surface area contributed by atoms with Crippen molar-refractivity contribution < 1.29 is 73.3 Å². The van der Waals surface area contributed by atoms with Gasteiger partial charge in [0.2, 0.25) is 0 Å². The van der Waals surface area contributed by atoms with Crippen LogP contribution in [0.15, 0.2) is 0 Å². The normalized spacial score (nSPS) is 0.667.